The lowest BCUT2D eigenvalue weighted by Crippen LogP contribution is -2.32. The van der Waals surface area contributed by atoms with Crippen molar-refractivity contribution in [2.75, 3.05) is 18.5 Å². The van der Waals surface area contributed by atoms with Gasteiger partial charge in [0.05, 0.1) is 25.0 Å². The summed E-state index contributed by atoms with van der Waals surface area (Å²) in [6.45, 7) is 4.45. The molecule has 0 unspecified atom stereocenters. The summed E-state index contributed by atoms with van der Waals surface area (Å²) in [6, 6.07) is 13.1. The van der Waals surface area contributed by atoms with Crippen molar-refractivity contribution in [1.82, 2.24) is 5.43 Å². The summed E-state index contributed by atoms with van der Waals surface area (Å²) in [7, 11) is 0. The third kappa shape index (κ3) is 6.24. The first-order chi connectivity index (χ1) is 13.5. The van der Waals surface area contributed by atoms with Crippen LogP contribution in [0.3, 0.4) is 0 Å². The van der Waals surface area contributed by atoms with Crippen LogP contribution < -0.4 is 15.5 Å². The zero-order valence-corrected chi connectivity index (χ0v) is 15.6. The molecule has 2 aromatic rings. The number of amides is 2. The molecule has 146 valence electrons. The predicted octanol–water partition coefficient (Wildman–Crippen LogP) is 2.35. The standard InChI is InChI=1S/C20H21N3O5/c1-3-27-17-11-5-14(6-12-17)13-21-23-19(25)18(24)22-16-9-7-15(8-10-16)20(26)28-4-2/h5-13H,3-4H2,1-2H3,(H,22,24)(H,23,25)/b21-13-. The second kappa shape index (κ2) is 10.5. The van der Waals surface area contributed by atoms with Crippen molar-refractivity contribution in [1.29, 1.82) is 0 Å². The van der Waals surface area contributed by atoms with Gasteiger partial charge in [-0.1, -0.05) is 0 Å². The number of hydrogen-bond acceptors (Lipinski definition) is 6. The number of anilines is 1. The molecule has 0 aromatic heterocycles. The molecule has 0 fully saturated rings. The summed E-state index contributed by atoms with van der Waals surface area (Å²) in [6.07, 6.45) is 1.41. The minimum Gasteiger partial charge on any atom is -0.494 e. The predicted molar refractivity (Wildman–Crippen MR) is 104 cm³/mol. The summed E-state index contributed by atoms with van der Waals surface area (Å²) in [5, 5.41) is 6.17. The maximum atomic E-state index is 11.9. The highest BCUT2D eigenvalue weighted by molar-refractivity contribution is 6.39. The number of nitrogens with one attached hydrogen (secondary N) is 2. The number of benzene rings is 2. The van der Waals surface area contributed by atoms with E-state index in [-0.39, 0.29) is 6.61 Å². The maximum Gasteiger partial charge on any atom is 0.338 e. The summed E-state index contributed by atoms with van der Waals surface area (Å²) >= 11 is 0. The van der Waals surface area contributed by atoms with E-state index in [9.17, 15) is 14.4 Å². The van der Waals surface area contributed by atoms with Gasteiger partial charge in [0.2, 0.25) is 0 Å². The van der Waals surface area contributed by atoms with E-state index >= 15 is 0 Å². The SMILES string of the molecule is CCOC(=O)c1ccc(NC(=O)C(=O)N/N=C\c2ccc(OCC)cc2)cc1. The van der Waals surface area contributed by atoms with Crippen LogP contribution in [0.25, 0.3) is 0 Å². The van der Waals surface area contributed by atoms with Gasteiger partial charge in [-0.05, 0) is 67.9 Å². The van der Waals surface area contributed by atoms with Gasteiger partial charge in [0, 0.05) is 5.69 Å². The Morgan fingerprint density at radius 2 is 1.61 bits per heavy atom. The average molecular weight is 383 g/mol. The van der Waals surface area contributed by atoms with Crippen LogP contribution in [0.4, 0.5) is 5.69 Å². The number of hydrazone groups is 1. The third-order valence-corrected chi connectivity index (χ3v) is 3.43. The molecule has 0 aliphatic heterocycles. The molecule has 0 spiro atoms. The Balaban J connectivity index is 1.85. The van der Waals surface area contributed by atoms with Crippen LogP contribution in [0.15, 0.2) is 53.6 Å². The molecule has 28 heavy (non-hydrogen) atoms. The Labute approximate surface area is 162 Å². The van der Waals surface area contributed by atoms with E-state index in [1.54, 1.807) is 31.2 Å². The largest absolute Gasteiger partial charge is 0.494 e. The lowest BCUT2D eigenvalue weighted by Gasteiger charge is -2.05. The first-order valence-corrected chi connectivity index (χ1v) is 8.68. The molecule has 0 aliphatic carbocycles. The van der Waals surface area contributed by atoms with Crippen LogP contribution in [0.1, 0.15) is 29.8 Å². The maximum absolute atomic E-state index is 11.9. The Kier molecular flexibility index (Phi) is 7.71. The lowest BCUT2D eigenvalue weighted by molar-refractivity contribution is -0.136. The first kappa shape index (κ1) is 20.6. The molecule has 2 amide bonds. The van der Waals surface area contributed by atoms with Gasteiger partial charge in [-0.3, -0.25) is 9.59 Å². The molecule has 0 radical (unpaired) electrons. The van der Waals surface area contributed by atoms with E-state index in [4.69, 9.17) is 9.47 Å². The number of ether oxygens (including phenoxy) is 2. The second-order valence-corrected chi connectivity index (χ2v) is 5.45. The van der Waals surface area contributed by atoms with Crippen molar-refractivity contribution in [3.05, 3.63) is 59.7 Å². The summed E-state index contributed by atoms with van der Waals surface area (Å²) in [4.78, 5) is 35.3. The highest BCUT2D eigenvalue weighted by Gasteiger charge is 2.13. The van der Waals surface area contributed by atoms with E-state index in [0.717, 1.165) is 11.3 Å². The van der Waals surface area contributed by atoms with Crippen LogP contribution in [0.2, 0.25) is 0 Å². The molecule has 0 saturated heterocycles. The molecular formula is C20H21N3O5. The highest BCUT2D eigenvalue weighted by Crippen LogP contribution is 2.11. The van der Waals surface area contributed by atoms with E-state index in [1.807, 2.05) is 6.92 Å². The van der Waals surface area contributed by atoms with Gasteiger partial charge < -0.3 is 14.8 Å². The minimum atomic E-state index is -0.920. The van der Waals surface area contributed by atoms with E-state index < -0.39 is 17.8 Å². The number of nitrogens with zero attached hydrogens (tertiary/aromatic N) is 1. The van der Waals surface area contributed by atoms with Crippen LogP contribution in [-0.2, 0) is 14.3 Å². The Bertz CT molecular complexity index is 845. The molecule has 8 nitrogen and oxygen atoms in total. The van der Waals surface area contributed by atoms with Crippen LogP contribution in [0, 0.1) is 0 Å². The van der Waals surface area contributed by atoms with Crippen molar-refractivity contribution in [2.45, 2.75) is 13.8 Å². The Morgan fingerprint density at radius 1 is 0.929 bits per heavy atom. The van der Waals surface area contributed by atoms with Gasteiger partial charge in [0.25, 0.3) is 0 Å². The number of carbonyl (C=O) groups excluding carboxylic acids is 3. The molecule has 8 heteroatoms. The van der Waals surface area contributed by atoms with Crippen molar-refractivity contribution in [2.24, 2.45) is 5.10 Å². The van der Waals surface area contributed by atoms with Gasteiger partial charge in [-0.15, -0.1) is 0 Å². The van der Waals surface area contributed by atoms with Crippen molar-refractivity contribution in [3.8, 4) is 5.75 Å². The van der Waals surface area contributed by atoms with E-state index in [2.05, 4.69) is 15.8 Å². The third-order valence-electron chi connectivity index (χ3n) is 3.43. The van der Waals surface area contributed by atoms with Gasteiger partial charge in [-0.25, -0.2) is 10.2 Å². The van der Waals surface area contributed by atoms with Gasteiger partial charge in [0.1, 0.15) is 5.75 Å². The molecule has 2 rings (SSSR count). The highest BCUT2D eigenvalue weighted by atomic mass is 16.5. The average Bonchev–Trinajstić information content (AvgIpc) is 2.70. The minimum absolute atomic E-state index is 0.272. The van der Waals surface area contributed by atoms with Crippen LogP contribution >= 0.6 is 0 Å². The van der Waals surface area contributed by atoms with Crippen LogP contribution in [0.5, 0.6) is 5.75 Å². The molecule has 0 heterocycles. The Hall–Kier alpha value is -3.68. The number of hydrogen-bond donors (Lipinski definition) is 2. The molecule has 2 aromatic carbocycles. The topological polar surface area (TPSA) is 106 Å². The fourth-order valence-corrected chi connectivity index (χ4v) is 2.12. The van der Waals surface area contributed by atoms with Crippen molar-refractivity contribution >= 4 is 29.7 Å². The quantitative estimate of drug-likeness (QED) is 0.330. The van der Waals surface area contributed by atoms with E-state index in [0.29, 0.717) is 17.9 Å². The fraction of sp³-hybridized carbons (Fsp3) is 0.200. The Morgan fingerprint density at radius 3 is 2.21 bits per heavy atom. The number of carbonyl (C=O) groups is 3. The molecule has 0 bridgehead atoms. The normalized spacial score (nSPS) is 10.4. The molecular weight excluding hydrogens is 362 g/mol. The molecule has 2 N–H and O–H groups in total. The fourth-order valence-electron chi connectivity index (χ4n) is 2.12. The second-order valence-electron chi connectivity index (χ2n) is 5.45. The first-order valence-electron chi connectivity index (χ1n) is 8.68. The summed E-state index contributed by atoms with van der Waals surface area (Å²) in [5.41, 5.74) is 3.60. The number of esters is 1. The zero-order chi connectivity index (χ0) is 20.4. The number of rotatable bonds is 7. The summed E-state index contributed by atoms with van der Waals surface area (Å²) < 4.78 is 10.2. The molecule has 0 atom stereocenters. The lowest BCUT2D eigenvalue weighted by atomic mass is 10.2. The van der Waals surface area contributed by atoms with Crippen molar-refractivity contribution < 1.29 is 23.9 Å². The van der Waals surface area contributed by atoms with Crippen LogP contribution in [-0.4, -0.2) is 37.2 Å². The summed E-state index contributed by atoms with van der Waals surface area (Å²) in [5.74, 6) is -1.52. The van der Waals surface area contributed by atoms with Gasteiger partial charge >= 0.3 is 17.8 Å². The van der Waals surface area contributed by atoms with E-state index in [1.165, 1.54) is 30.5 Å². The van der Waals surface area contributed by atoms with Crippen molar-refractivity contribution in [3.63, 3.8) is 0 Å². The zero-order valence-electron chi connectivity index (χ0n) is 15.6. The monoisotopic (exact) mass is 383 g/mol. The van der Waals surface area contributed by atoms with Gasteiger partial charge in [-0.2, -0.15) is 5.10 Å². The molecule has 0 aliphatic rings. The molecule has 0 saturated carbocycles. The van der Waals surface area contributed by atoms with Gasteiger partial charge in [0.15, 0.2) is 0 Å². The smallest absolute Gasteiger partial charge is 0.338 e.